The van der Waals surface area contributed by atoms with Crippen LogP contribution in [-0.4, -0.2) is 40.9 Å². The summed E-state index contributed by atoms with van der Waals surface area (Å²) in [6.45, 7) is 0.304. The summed E-state index contributed by atoms with van der Waals surface area (Å²) in [5.74, 6) is -2.98. The number of carboxylic acids is 1. The number of nitrogens with zero attached hydrogens (tertiary/aromatic N) is 1. The molecule has 1 aromatic carbocycles. The molecule has 0 bridgehead atoms. The van der Waals surface area contributed by atoms with E-state index in [1.54, 1.807) is 4.90 Å². The molecule has 0 saturated carbocycles. The molecular formula is C12H11FN2O4. The fourth-order valence-electron chi connectivity index (χ4n) is 1.90. The number of amides is 2. The van der Waals surface area contributed by atoms with Gasteiger partial charge in [-0.15, -0.1) is 0 Å². The number of carbonyl (C=O) groups excluding carboxylic acids is 2. The third kappa shape index (κ3) is 3.14. The highest BCUT2D eigenvalue weighted by Crippen LogP contribution is 2.13. The average molecular weight is 266 g/mol. The van der Waals surface area contributed by atoms with Gasteiger partial charge in [0.05, 0.1) is 18.7 Å². The van der Waals surface area contributed by atoms with E-state index in [0.717, 1.165) is 6.07 Å². The molecule has 1 aliphatic heterocycles. The normalized spacial score (nSPS) is 16.3. The first kappa shape index (κ1) is 13.2. The average Bonchev–Trinajstić information content (AvgIpc) is 2.26. The van der Waals surface area contributed by atoms with Gasteiger partial charge in [-0.2, -0.15) is 0 Å². The quantitative estimate of drug-likeness (QED) is 0.751. The molecule has 1 aromatic rings. The Morgan fingerprint density at radius 1 is 1.32 bits per heavy atom. The summed E-state index contributed by atoms with van der Waals surface area (Å²) in [5, 5.41) is 10.9. The minimum absolute atomic E-state index is 0.0496. The molecule has 1 aliphatic rings. The molecule has 1 saturated heterocycles. The standard InChI is InChI=1S/C12H11FN2O4/c13-9-3-7(1-2-8(9)12(18)19)4-15-5-10(16)14-11(17)6-15/h1-3H,4-6H2,(H,18,19)(H,14,16,17). The van der Waals surface area contributed by atoms with E-state index in [2.05, 4.69) is 5.32 Å². The van der Waals surface area contributed by atoms with Crippen LogP contribution in [0.2, 0.25) is 0 Å². The molecule has 1 heterocycles. The van der Waals surface area contributed by atoms with Gasteiger partial charge in [-0.25, -0.2) is 9.18 Å². The Bertz CT molecular complexity index is 543. The Morgan fingerprint density at radius 2 is 1.95 bits per heavy atom. The van der Waals surface area contributed by atoms with Gasteiger partial charge < -0.3 is 5.11 Å². The van der Waals surface area contributed by atoms with E-state index < -0.39 is 29.2 Å². The van der Waals surface area contributed by atoms with Crippen molar-refractivity contribution >= 4 is 17.8 Å². The van der Waals surface area contributed by atoms with Crippen molar-refractivity contribution in [2.45, 2.75) is 6.54 Å². The summed E-state index contributed by atoms with van der Waals surface area (Å²) in [6.07, 6.45) is 0. The summed E-state index contributed by atoms with van der Waals surface area (Å²) in [7, 11) is 0. The molecule has 0 spiro atoms. The van der Waals surface area contributed by atoms with E-state index in [0.29, 0.717) is 5.56 Å². The van der Waals surface area contributed by atoms with Crippen LogP contribution >= 0.6 is 0 Å². The zero-order valence-corrected chi connectivity index (χ0v) is 9.85. The highest BCUT2D eigenvalue weighted by Gasteiger charge is 2.22. The van der Waals surface area contributed by atoms with Crippen molar-refractivity contribution < 1.29 is 23.9 Å². The van der Waals surface area contributed by atoms with Crippen LogP contribution in [0.3, 0.4) is 0 Å². The van der Waals surface area contributed by atoms with E-state index >= 15 is 0 Å². The SMILES string of the molecule is O=C1CN(Cc2ccc(C(=O)O)c(F)c2)CC(=O)N1. The van der Waals surface area contributed by atoms with Crippen molar-refractivity contribution in [3.8, 4) is 0 Å². The van der Waals surface area contributed by atoms with Crippen LogP contribution in [0.1, 0.15) is 15.9 Å². The highest BCUT2D eigenvalue weighted by atomic mass is 19.1. The summed E-state index contributed by atoms with van der Waals surface area (Å²) in [6, 6.07) is 3.72. The number of piperazine rings is 1. The van der Waals surface area contributed by atoms with Gasteiger partial charge in [-0.1, -0.05) is 6.07 Å². The smallest absolute Gasteiger partial charge is 0.338 e. The number of hydrogen-bond acceptors (Lipinski definition) is 4. The Balaban J connectivity index is 2.11. The first-order valence-electron chi connectivity index (χ1n) is 5.52. The summed E-state index contributed by atoms with van der Waals surface area (Å²) >= 11 is 0. The van der Waals surface area contributed by atoms with Crippen LogP contribution in [0.25, 0.3) is 0 Å². The van der Waals surface area contributed by atoms with Crippen LogP contribution in [0.5, 0.6) is 0 Å². The number of imide groups is 1. The molecule has 0 aliphatic carbocycles. The monoisotopic (exact) mass is 266 g/mol. The molecule has 1 fully saturated rings. The van der Waals surface area contributed by atoms with Gasteiger partial charge in [-0.3, -0.25) is 19.8 Å². The third-order valence-corrected chi connectivity index (χ3v) is 2.68. The van der Waals surface area contributed by atoms with Crippen molar-refractivity contribution in [3.63, 3.8) is 0 Å². The molecule has 2 amide bonds. The molecule has 2 N–H and O–H groups in total. The largest absolute Gasteiger partial charge is 0.478 e. The number of hydrogen-bond donors (Lipinski definition) is 2. The summed E-state index contributed by atoms with van der Waals surface area (Å²) in [5.41, 5.74) is 0.0983. The summed E-state index contributed by atoms with van der Waals surface area (Å²) < 4.78 is 13.5. The van der Waals surface area contributed by atoms with E-state index in [4.69, 9.17) is 5.11 Å². The number of aromatic carboxylic acids is 1. The van der Waals surface area contributed by atoms with Crippen LogP contribution < -0.4 is 5.32 Å². The Morgan fingerprint density at radius 3 is 2.47 bits per heavy atom. The molecule has 6 nitrogen and oxygen atoms in total. The number of halogens is 1. The van der Waals surface area contributed by atoms with Crippen LogP contribution in [0.4, 0.5) is 4.39 Å². The Labute approximate surface area is 107 Å². The van der Waals surface area contributed by atoms with E-state index in [1.807, 2.05) is 0 Å². The van der Waals surface area contributed by atoms with Crippen molar-refractivity contribution in [1.82, 2.24) is 10.2 Å². The first-order chi connectivity index (χ1) is 8.95. The van der Waals surface area contributed by atoms with Crippen molar-refractivity contribution in [2.75, 3.05) is 13.1 Å². The minimum Gasteiger partial charge on any atom is -0.478 e. The number of benzene rings is 1. The van der Waals surface area contributed by atoms with E-state index in [9.17, 15) is 18.8 Å². The van der Waals surface area contributed by atoms with E-state index in [1.165, 1.54) is 12.1 Å². The second-order valence-electron chi connectivity index (χ2n) is 4.24. The molecule has 0 aromatic heterocycles. The summed E-state index contributed by atoms with van der Waals surface area (Å²) in [4.78, 5) is 34.5. The van der Waals surface area contributed by atoms with Gasteiger partial charge in [0.25, 0.3) is 0 Å². The number of carboxylic acid groups (broad SMARTS) is 1. The minimum atomic E-state index is -1.34. The van der Waals surface area contributed by atoms with Gasteiger partial charge in [0.15, 0.2) is 0 Å². The van der Waals surface area contributed by atoms with Crippen molar-refractivity contribution in [2.24, 2.45) is 0 Å². The van der Waals surface area contributed by atoms with Gasteiger partial charge in [-0.05, 0) is 17.7 Å². The fraction of sp³-hybridized carbons (Fsp3) is 0.250. The molecule has 0 unspecified atom stereocenters. The zero-order chi connectivity index (χ0) is 14.0. The molecule has 100 valence electrons. The highest BCUT2D eigenvalue weighted by molar-refractivity contribution is 5.99. The lowest BCUT2D eigenvalue weighted by atomic mass is 10.1. The lowest BCUT2D eigenvalue weighted by Crippen LogP contribution is -2.50. The Kier molecular flexibility index (Phi) is 3.57. The van der Waals surface area contributed by atoms with E-state index in [-0.39, 0.29) is 19.6 Å². The molecule has 0 atom stereocenters. The van der Waals surface area contributed by atoms with Gasteiger partial charge in [0.1, 0.15) is 5.82 Å². The molecular weight excluding hydrogens is 255 g/mol. The Hall–Kier alpha value is -2.28. The maximum atomic E-state index is 13.5. The van der Waals surface area contributed by atoms with Crippen molar-refractivity contribution in [3.05, 3.63) is 35.1 Å². The van der Waals surface area contributed by atoms with Gasteiger partial charge >= 0.3 is 5.97 Å². The van der Waals surface area contributed by atoms with Gasteiger partial charge in [0, 0.05) is 6.54 Å². The lowest BCUT2D eigenvalue weighted by molar-refractivity contribution is -0.136. The van der Waals surface area contributed by atoms with Crippen LogP contribution in [-0.2, 0) is 16.1 Å². The second kappa shape index (κ2) is 5.15. The predicted molar refractivity (Wildman–Crippen MR) is 61.8 cm³/mol. The lowest BCUT2D eigenvalue weighted by Gasteiger charge is -2.25. The number of carbonyl (C=O) groups is 3. The third-order valence-electron chi connectivity index (χ3n) is 2.68. The molecule has 0 radical (unpaired) electrons. The van der Waals surface area contributed by atoms with Crippen LogP contribution in [0, 0.1) is 5.82 Å². The molecule has 7 heteroatoms. The second-order valence-corrected chi connectivity index (χ2v) is 4.24. The van der Waals surface area contributed by atoms with Gasteiger partial charge in [0.2, 0.25) is 11.8 Å². The predicted octanol–water partition coefficient (Wildman–Crippen LogP) is -0.0177. The molecule has 19 heavy (non-hydrogen) atoms. The maximum absolute atomic E-state index is 13.5. The maximum Gasteiger partial charge on any atom is 0.338 e. The fourth-order valence-corrected chi connectivity index (χ4v) is 1.90. The van der Waals surface area contributed by atoms with Crippen molar-refractivity contribution in [1.29, 1.82) is 0 Å². The molecule has 2 rings (SSSR count). The first-order valence-corrected chi connectivity index (χ1v) is 5.52. The zero-order valence-electron chi connectivity index (χ0n) is 9.85. The number of nitrogens with one attached hydrogen (secondary N) is 1. The number of rotatable bonds is 3. The topological polar surface area (TPSA) is 86.7 Å². The van der Waals surface area contributed by atoms with Crippen LogP contribution in [0.15, 0.2) is 18.2 Å².